The molecule has 0 amide bonds. The van der Waals surface area contributed by atoms with Crippen LogP contribution >= 0.6 is 11.6 Å². The molecule has 0 saturated heterocycles. The van der Waals surface area contributed by atoms with Crippen molar-refractivity contribution < 1.29 is 5.11 Å². The Labute approximate surface area is 84.8 Å². The molecule has 0 aromatic rings. The number of hydrogen-bond donors (Lipinski definition) is 1. The van der Waals surface area contributed by atoms with Gasteiger partial charge in [-0.1, -0.05) is 24.8 Å². The lowest BCUT2D eigenvalue weighted by Gasteiger charge is -2.31. The zero-order valence-electron chi connectivity index (χ0n) is 7.94. The second-order valence-corrected chi connectivity index (χ2v) is 4.19. The molecule has 2 atom stereocenters. The van der Waals surface area contributed by atoms with Gasteiger partial charge < -0.3 is 5.11 Å². The van der Waals surface area contributed by atoms with Crippen LogP contribution in [0.25, 0.3) is 0 Å². The minimum atomic E-state index is -0.987. The summed E-state index contributed by atoms with van der Waals surface area (Å²) in [6.07, 6.45) is 3.63. The predicted molar refractivity (Wildman–Crippen MR) is 55.6 cm³/mol. The molecule has 0 aromatic heterocycles. The van der Waals surface area contributed by atoms with Crippen LogP contribution in [-0.4, -0.2) is 16.1 Å². The largest absolute Gasteiger partial charge is 0.376 e. The molecule has 13 heavy (non-hydrogen) atoms. The minimum absolute atomic E-state index is 0.229. The van der Waals surface area contributed by atoms with Crippen LogP contribution < -0.4 is 0 Å². The molecule has 0 aromatic carbocycles. The first kappa shape index (κ1) is 10.6. The van der Waals surface area contributed by atoms with E-state index in [4.69, 9.17) is 11.6 Å². The van der Waals surface area contributed by atoms with Crippen LogP contribution in [0, 0.1) is 11.8 Å². The van der Waals surface area contributed by atoms with Crippen molar-refractivity contribution >= 4 is 11.6 Å². The second kappa shape index (κ2) is 4.17. The van der Waals surface area contributed by atoms with Crippen molar-refractivity contribution in [3.63, 3.8) is 0 Å². The first-order valence-corrected chi connectivity index (χ1v) is 5.03. The van der Waals surface area contributed by atoms with Crippen molar-refractivity contribution in [1.29, 1.82) is 0 Å². The monoisotopic (exact) mass is 198 g/mol. The van der Waals surface area contributed by atoms with E-state index in [1.54, 1.807) is 0 Å². The first-order valence-electron chi connectivity index (χ1n) is 4.60. The summed E-state index contributed by atoms with van der Waals surface area (Å²) in [4.78, 5) is 0. The molecule has 0 spiro atoms. The van der Waals surface area contributed by atoms with Crippen molar-refractivity contribution in [2.24, 2.45) is 0 Å². The first-order chi connectivity index (χ1) is 6.04. The fraction of sp³-hybridized carbons (Fsp3) is 0.636. The Morgan fingerprint density at radius 2 is 2.31 bits per heavy atom. The molecule has 0 bridgehead atoms. The summed E-state index contributed by atoms with van der Waals surface area (Å²) in [7, 11) is 0. The van der Waals surface area contributed by atoms with E-state index < -0.39 is 5.60 Å². The number of rotatable bonds is 0. The fourth-order valence-electron chi connectivity index (χ4n) is 1.47. The third kappa shape index (κ3) is 2.76. The molecule has 1 fully saturated rings. The standard InChI is InChI=1S/C11H15ClO/c1-9(2)6-8-11(13)7-4-3-5-10(11)12/h10,13H,1,3-5,7H2,2H3/t10-,11-/m0/s1. The van der Waals surface area contributed by atoms with Gasteiger partial charge in [0.1, 0.15) is 5.60 Å². The number of hydrogen-bond acceptors (Lipinski definition) is 1. The summed E-state index contributed by atoms with van der Waals surface area (Å²) in [5.74, 6) is 5.63. The highest BCUT2D eigenvalue weighted by molar-refractivity contribution is 6.21. The van der Waals surface area contributed by atoms with Crippen LogP contribution in [0.2, 0.25) is 0 Å². The molecular weight excluding hydrogens is 184 g/mol. The Morgan fingerprint density at radius 1 is 1.62 bits per heavy atom. The van der Waals surface area contributed by atoms with Gasteiger partial charge in [0, 0.05) is 0 Å². The van der Waals surface area contributed by atoms with E-state index in [1.807, 2.05) is 6.92 Å². The van der Waals surface area contributed by atoms with Crippen LogP contribution in [0.15, 0.2) is 12.2 Å². The molecule has 0 heterocycles. The average Bonchev–Trinajstić information content (AvgIpc) is 2.07. The molecular formula is C11H15ClO. The molecule has 1 aliphatic carbocycles. The number of halogens is 1. The van der Waals surface area contributed by atoms with Gasteiger partial charge in [0.05, 0.1) is 5.38 Å². The van der Waals surface area contributed by atoms with Crippen LogP contribution in [0.1, 0.15) is 32.6 Å². The van der Waals surface area contributed by atoms with E-state index in [0.29, 0.717) is 6.42 Å². The summed E-state index contributed by atoms with van der Waals surface area (Å²) in [5.41, 5.74) is -0.221. The predicted octanol–water partition coefficient (Wildman–Crippen LogP) is 2.48. The fourth-order valence-corrected chi connectivity index (χ4v) is 1.79. The summed E-state index contributed by atoms with van der Waals surface area (Å²) >= 11 is 6.03. The lowest BCUT2D eigenvalue weighted by Crippen LogP contribution is -2.40. The Balaban J connectivity index is 2.74. The molecule has 0 unspecified atom stereocenters. The highest BCUT2D eigenvalue weighted by Gasteiger charge is 2.35. The van der Waals surface area contributed by atoms with Gasteiger partial charge in [-0.3, -0.25) is 0 Å². The molecule has 2 heteroatoms. The topological polar surface area (TPSA) is 20.2 Å². The van der Waals surface area contributed by atoms with Crippen molar-refractivity contribution in [3.05, 3.63) is 12.2 Å². The quantitative estimate of drug-likeness (QED) is 0.469. The molecule has 0 radical (unpaired) electrons. The number of allylic oxidation sites excluding steroid dienone is 1. The van der Waals surface area contributed by atoms with Gasteiger partial charge in [-0.05, 0) is 31.8 Å². The molecule has 1 aliphatic rings. The van der Waals surface area contributed by atoms with Gasteiger partial charge in [-0.2, -0.15) is 0 Å². The Kier molecular flexibility index (Phi) is 3.41. The molecule has 1 saturated carbocycles. The van der Waals surface area contributed by atoms with Gasteiger partial charge in [0.15, 0.2) is 0 Å². The van der Waals surface area contributed by atoms with Crippen molar-refractivity contribution in [1.82, 2.24) is 0 Å². The summed E-state index contributed by atoms with van der Waals surface area (Å²) < 4.78 is 0. The van der Waals surface area contributed by atoms with Gasteiger partial charge in [0.25, 0.3) is 0 Å². The second-order valence-electron chi connectivity index (χ2n) is 3.67. The zero-order valence-corrected chi connectivity index (χ0v) is 8.69. The van der Waals surface area contributed by atoms with Crippen molar-refractivity contribution in [2.75, 3.05) is 0 Å². The normalized spacial score (nSPS) is 33.3. The van der Waals surface area contributed by atoms with Gasteiger partial charge in [-0.25, -0.2) is 0 Å². The maximum Gasteiger partial charge on any atom is 0.142 e. The van der Waals surface area contributed by atoms with Crippen LogP contribution in [0.3, 0.4) is 0 Å². The lowest BCUT2D eigenvalue weighted by molar-refractivity contribution is 0.0653. The molecule has 1 rings (SSSR count). The van der Waals surface area contributed by atoms with E-state index in [2.05, 4.69) is 18.4 Å². The zero-order chi connectivity index (χ0) is 9.90. The Morgan fingerprint density at radius 3 is 2.85 bits per heavy atom. The van der Waals surface area contributed by atoms with E-state index in [0.717, 1.165) is 24.8 Å². The van der Waals surface area contributed by atoms with E-state index >= 15 is 0 Å². The third-order valence-corrected chi connectivity index (χ3v) is 2.86. The maximum absolute atomic E-state index is 10.0. The number of aliphatic hydroxyl groups is 1. The van der Waals surface area contributed by atoms with Gasteiger partial charge >= 0.3 is 0 Å². The van der Waals surface area contributed by atoms with Gasteiger partial charge in [-0.15, -0.1) is 11.6 Å². The molecule has 0 aliphatic heterocycles. The SMILES string of the molecule is C=C(C)C#C[C@@]1(O)CCCC[C@@H]1Cl. The van der Waals surface area contributed by atoms with Crippen LogP contribution in [-0.2, 0) is 0 Å². The maximum atomic E-state index is 10.0. The van der Waals surface area contributed by atoms with E-state index in [-0.39, 0.29) is 5.38 Å². The molecule has 1 nitrogen and oxygen atoms in total. The van der Waals surface area contributed by atoms with Crippen LogP contribution in [0.4, 0.5) is 0 Å². The summed E-state index contributed by atoms with van der Waals surface area (Å²) in [6.45, 7) is 5.49. The van der Waals surface area contributed by atoms with Gasteiger partial charge in [0.2, 0.25) is 0 Å². The van der Waals surface area contributed by atoms with E-state index in [1.165, 1.54) is 0 Å². The highest BCUT2D eigenvalue weighted by atomic mass is 35.5. The number of alkyl halides is 1. The summed E-state index contributed by atoms with van der Waals surface area (Å²) in [6, 6.07) is 0. The average molecular weight is 199 g/mol. The Hall–Kier alpha value is -0.450. The minimum Gasteiger partial charge on any atom is -0.376 e. The Bertz CT molecular complexity index is 261. The van der Waals surface area contributed by atoms with E-state index in [9.17, 15) is 5.11 Å². The highest BCUT2D eigenvalue weighted by Crippen LogP contribution is 2.31. The van der Waals surface area contributed by atoms with Crippen molar-refractivity contribution in [3.8, 4) is 11.8 Å². The van der Waals surface area contributed by atoms with Crippen molar-refractivity contribution in [2.45, 2.75) is 43.6 Å². The molecule has 72 valence electrons. The lowest BCUT2D eigenvalue weighted by atomic mass is 9.85. The summed E-state index contributed by atoms with van der Waals surface area (Å²) in [5, 5.41) is 9.81. The third-order valence-electron chi connectivity index (χ3n) is 2.28. The van der Waals surface area contributed by atoms with Crippen LogP contribution in [0.5, 0.6) is 0 Å². The smallest absolute Gasteiger partial charge is 0.142 e. The molecule has 1 N–H and O–H groups in total.